The number of halogens is 1. The normalized spacial score (nSPS) is 10.6. The van der Waals surface area contributed by atoms with E-state index in [0.29, 0.717) is 11.3 Å². The van der Waals surface area contributed by atoms with E-state index in [0.717, 1.165) is 0 Å². The molecule has 0 aliphatic rings. The van der Waals surface area contributed by atoms with Crippen molar-refractivity contribution in [3.8, 4) is 0 Å². The highest BCUT2D eigenvalue weighted by molar-refractivity contribution is 5.95. The van der Waals surface area contributed by atoms with Crippen molar-refractivity contribution in [3.63, 3.8) is 0 Å². The van der Waals surface area contributed by atoms with Crippen molar-refractivity contribution in [2.45, 2.75) is 13.5 Å². The first-order chi connectivity index (χ1) is 13.0. The predicted octanol–water partition coefficient (Wildman–Crippen LogP) is 2.96. The lowest BCUT2D eigenvalue weighted by molar-refractivity contribution is -0.116. The van der Waals surface area contributed by atoms with E-state index in [9.17, 15) is 18.8 Å². The first-order valence-electron chi connectivity index (χ1n) is 8.34. The van der Waals surface area contributed by atoms with E-state index >= 15 is 0 Å². The molecule has 1 N–H and O–H groups in total. The van der Waals surface area contributed by atoms with Crippen LogP contribution in [0.3, 0.4) is 0 Å². The first-order valence-corrected chi connectivity index (χ1v) is 8.34. The number of esters is 1. The van der Waals surface area contributed by atoms with E-state index in [1.54, 1.807) is 25.1 Å². The zero-order valence-corrected chi connectivity index (χ0v) is 14.6. The molecule has 0 unspecified atom stereocenters. The van der Waals surface area contributed by atoms with Crippen molar-refractivity contribution in [2.75, 3.05) is 11.9 Å². The fraction of sp³-hybridized carbons (Fsp3) is 0.150. The number of pyridine rings is 1. The van der Waals surface area contributed by atoms with Crippen molar-refractivity contribution in [3.05, 3.63) is 76.3 Å². The quantitative estimate of drug-likeness (QED) is 0.703. The third-order valence-corrected chi connectivity index (χ3v) is 3.92. The highest BCUT2D eigenvalue weighted by atomic mass is 19.1. The van der Waals surface area contributed by atoms with Crippen molar-refractivity contribution >= 4 is 28.5 Å². The summed E-state index contributed by atoms with van der Waals surface area (Å²) >= 11 is 0. The Morgan fingerprint density at radius 1 is 1.15 bits per heavy atom. The van der Waals surface area contributed by atoms with Crippen molar-refractivity contribution in [1.82, 2.24) is 4.57 Å². The number of para-hydroxylation sites is 1. The SMILES string of the molecule is CCOC(=O)c1cccc(NC(=O)Cn2ccc(=O)c3cccc(F)c32)c1. The van der Waals surface area contributed by atoms with Gasteiger partial charge in [0.05, 0.1) is 17.7 Å². The Balaban J connectivity index is 1.82. The Hall–Kier alpha value is -3.48. The minimum atomic E-state index is -0.581. The lowest BCUT2D eigenvalue weighted by atomic mass is 10.2. The summed E-state index contributed by atoms with van der Waals surface area (Å²) in [7, 11) is 0. The fourth-order valence-corrected chi connectivity index (χ4v) is 2.75. The molecule has 0 fully saturated rings. The summed E-state index contributed by atoms with van der Waals surface area (Å²) in [6, 6.07) is 11.8. The van der Waals surface area contributed by atoms with Gasteiger partial charge in [-0.1, -0.05) is 12.1 Å². The summed E-state index contributed by atoms with van der Waals surface area (Å²) in [5.74, 6) is -1.49. The van der Waals surface area contributed by atoms with Gasteiger partial charge in [0, 0.05) is 23.3 Å². The van der Waals surface area contributed by atoms with Crippen LogP contribution in [0.4, 0.5) is 10.1 Å². The zero-order valence-electron chi connectivity index (χ0n) is 14.6. The number of carbonyl (C=O) groups excluding carboxylic acids is 2. The van der Waals surface area contributed by atoms with Crippen LogP contribution >= 0.6 is 0 Å². The molecule has 0 bridgehead atoms. The van der Waals surface area contributed by atoms with Crippen LogP contribution in [0.5, 0.6) is 0 Å². The largest absolute Gasteiger partial charge is 0.462 e. The van der Waals surface area contributed by atoms with E-state index in [1.807, 2.05) is 0 Å². The number of fused-ring (bicyclic) bond motifs is 1. The Labute approximate surface area is 154 Å². The van der Waals surface area contributed by atoms with Gasteiger partial charge in [0.15, 0.2) is 5.43 Å². The molecule has 0 radical (unpaired) electrons. The minimum absolute atomic E-state index is 0.0698. The van der Waals surface area contributed by atoms with Crippen molar-refractivity contribution < 1.29 is 18.7 Å². The van der Waals surface area contributed by atoms with Gasteiger partial charge in [-0.2, -0.15) is 0 Å². The number of rotatable bonds is 5. The Kier molecular flexibility index (Phi) is 5.30. The molecule has 1 aromatic heterocycles. The number of anilines is 1. The second kappa shape index (κ2) is 7.82. The Bertz CT molecular complexity index is 1080. The highest BCUT2D eigenvalue weighted by Gasteiger charge is 2.12. The van der Waals surface area contributed by atoms with Crippen molar-refractivity contribution in [1.29, 1.82) is 0 Å². The maximum atomic E-state index is 14.2. The standard InChI is InChI=1S/C20H17FN2O4/c1-2-27-20(26)13-5-3-6-14(11-13)22-18(25)12-23-10-9-17(24)15-7-4-8-16(21)19(15)23/h3-11H,2,12H2,1H3,(H,22,25). The van der Waals surface area contributed by atoms with Gasteiger partial charge in [-0.15, -0.1) is 0 Å². The van der Waals surface area contributed by atoms with Crippen LogP contribution in [0.15, 0.2) is 59.5 Å². The number of carbonyl (C=O) groups is 2. The van der Waals surface area contributed by atoms with Gasteiger partial charge in [-0.3, -0.25) is 9.59 Å². The second-order valence-electron chi connectivity index (χ2n) is 5.79. The summed E-state index contributed by atoms with van der Waals surface area (Å²) in [6.07, 6.45) is 1.38. The monoisotopic (exact) mass is 368 g/mol. The lowest BCUT2D eigenvalue weighted by Gasteiger charge is -2.12. The summed E-state index contributed by atoms with van der Waals surface area (Å²) in [5, 5.41) is 2.86. The van der Waals surface area contributed by atoms with Crippen LogP contribution < -0.4 is 10.7 Å². The molecule has 3 aromatic rings. The van der Waals surface area contributed by atoms with E-state index < -0.39 is 17.7 Å². The molecule has 2 aromatic carbocycles. The van der Waals surface area contributed by atoms with Crippen molar-refractivity contribution in [2.24, 2.45) is 0 Å². The van der Waals surface area contributed by atoms with E-state index in [4.69, 9.17) is 4.74 Å². The average Bonchev–Trinajstić information content (AvgIpc) is 2.64. The molecule has 0 spiro atoms. The van der Waals surface area contributed by atoms with Gasteiger partial charge in [0.2, 0.25) is 5.91 Å². The Morgan fingerprint density at radius 3 is 2.70 bits per heavy atom. The van der Waals surface area contributed by atoms with E-state index in [2.05, 4.69) is 5.32 Å². The smallest absolute Gasteiger partial charge is 0.338 e. The summed E-state index contributed by atoms with van der Waals surface area (Å²) in [5.41, 5.74) is 0.481. The zero-order chi connectivity index (χ0) is 19.4. The third-order valence-electron chi connectivity index (χ3n) is 3.92. The molecule has 27 heavy (non-hydrogen) atoms. The molecule has 3 rings (SSSR count). The van der Waals surface area contributed by atoms with Gasteiger partial charge < -0.3 is 14.6 Å². The van der Waals surface area contributed by atoms with Gasteiger partial charge in [0.25, 0.3) is 0 Å². The number of nitrogens with zero attached hydrogens (tertiary/aromatic N) is 1. The molecular weight excluding hydrogens is 351 g/mol. The van der Waals surface area contributed by atoms with Gasteiger partial charge >= 0.3 is 5.97 Å². The molecule has 0 saturated heterocycles. The molecular formula is C20H17FN2O4. The van der Waals surface area contributed by atoms with Crippen LogP contribution in [0.2, 0.25) is 0 Å². The average molecular weight is 368 g/mol. The Morgan fingerprint density at radius 2 is 1.93 bits per heavy atom. The number of hydrogen-bond acceptors (Lipinski definition) is 4. The minimum Gasteiger partial charge on any atom is -0.462 e. The predicted molar refractivity (Wildman–Crippen MR) is 99.2 cm³/mol. The highest BCUT2D eigenvalue weighted by Crippen LogP contribution is 2.16. The fourth-order valence-electron chi connectivity index (χ4n) is 2.75. The molecule has 1 amide bonds. The molecule has 6 nitrogen and oxygen atoms in total. The van der Waals surface area contributed by atoms with Crippen LogP contribution in [-0.2, 0) is 16.1 Å². The third kappa shape index (κ3) is 4.03. The number of nitrogens with one attached hydrogen (secondary N) is 1. The molecule has 7 heteroatoms. The van der Waals surface area contributed by atoms with Crippen LogP contribution in [0.1, 0.15) is 17.3 Å². The van der Waals surface area contributed by atoms with Gasteiger partial charge in [-0.25, -0.2) is 9.18 Å². The van der Waals surface area contributed by atoms with Crippen LogP contribution in [0, 0.1) is 5.82 Å². The molecule has 0 aliphatic carbocycles. The second-order valence-corrected chi connectivity index (χ2v) is 5.79. The molecule has 0 aliphatic heterocycles. The lowest BCUT2D eigenvalue weighted by Crippen LogP contribution is -2.21. The first kappa shape index (κ1) is 18.3. The van der Waals surface area contributed by atoms with Crippen LogP contribution in [-0.4, -0.2) is 23.1 Å². The van der Waals surface area contributed by atoms with E-state index in [1.165, 1.54) is 41.1 Å². The maximum Gasteiger partial charge on any atom is 0.338 e. The molecule has 0 saturated carbocycles. The number of amides is 1. The number of aromatic nitrogens is 1. The maximum absolute atomic E-state index is 14.2. The van der Waals surface area contributed by atoms with Gasteiger partial charge in [-0.05, 0) is 37.3 Å². The number of ether oxygens (including phenoxy) is 1. The molecule has 138 valence electrons. The topological polar surface area (TPSA) is 77.4 Å². The summed E-state index contributed by atoms with van der Waals surface area (Å²) in [6.45, 7) is 1.76. The summed E-state index contributed by atoms with van der Waals surface area (Å²) < 4.78 is 20.5. The van der Waals surface area contributed by atoms with Gasteiger partial charge in [0.1, 0.15) is 12.4 Å². The molecule has 1 heterocycles. The molecule has 0 atom stereocenters. The van der Waals surface area contributed by atoms with E-state index in [-0.39, 0.29) is 29.5 Å². The van der Waals surface area contributed by atoms with Crippen LogP contribution in [0.25, 0.3) is 10.9 Å². The summed E-state index contributed by atoms with van der Waals surface area (Å²) in [4.78, 5) is 36.0. The number of hydrogen-bond donors (Lipinski definition) is 1. The number of benzene rings is 2.